The van der Waals surface area contributed by atoms with Crippen LogP contribution in [0.5, 0.6) is 0 Å². The number of esters is 1. The van der Waals surface area contributed by atoms with Crippen molar-refractivity contribution in [3.05, 3.63) is 88.5 Å². The number of hydrogen-bond acceptors (Lipinski definition) is 5. The first kappa shape index (κ1) is 22.4. The van der Waals surface area contributed by atoms with Gasteiger partial charge in [-0.3, -0.25) is 4.79 Å². The number of sulfone groups is 1. The molecule has 0 aliphatic rings. The van der Waals surface area contributed by atoms with Gasteiger partial charge in [-0.2, -0.15) is 0 Å². The second-order valence-electron chi connectivity index (χ2n) is 7.30. The van der Waals surface area contributed by atoms with Crippen LogP contribution >= 0.6 is 0 Å². The molecule has 8 heteroatoms. The highest BCUT2D eigenvalue weighted by Crippen LogP contribution is 2.19. The number of halogens is 1. The molecule has 162 valence electrons. The Kier molecular flexibility index (Phi) is 6.40. The monoisotopic (exact) mass is 443 g/mol. The fourth-order valence-electron chi connectivity index (χ4n) is 3.25. The van der Waals surface area contributed by atoms with E-state index in [1.807, 2.05) is 11.5 Å². The Balaban J connectivity index is 1.71. The molecule has 31 heavy (non-hydrogen) atoms. The third-order valence-corrected chi connectivity index (χ3v) is 6.07. The van der Waals surface area contributed by atoms with Gasteiger partial charge in [-0.25, -0.2) is 17.6 Å². The van der Waals surface area contributed by atoms with Crippen LogP contribution in [-0.2, 0) is 21.1 Å². The van der Waals surface area contributed by atoms with Gasteiger partial charge < -0.3 is 9.30 Å². The summed E-state index contributed by atoms with van der Waals surface area (Å²) in [4.78, 5) is 24.9. The van der Waals surface area contributed by atoms with Crippen LogP contribution in [0.3, 0.4) is 0 Å². The second kappa shape index (κ2) is 8.85. The molecule has 0 atom stereocenters. The van der Waals surface area contributed by atoms with Crippen LogP contribution in [0.15, 0.2) is 59.5 Å². The molecule has 0 fully saturated rings. The maximum Gasteiger partial charge on any atom is 0.338 e. The Bertz CT molecular complexity index is 1240. The maximum absolute atomic E-state index is 13.1. The Morgan fingerprint density at radius 2 is 1.71 bits per heavy atom. The summed E-state index contributed by atoms with van der Waals surface area (Å²) in [5.74, 6) is -1.46. The highest BCUT2D eigenvalue weighted by Gasteiger charge is 2.19. The molecule has 0 radical (unpaired) electrons. The number of Topliss-reactive ketones (excluding diaryl/α,β-unsaturated/α-hetero) is 1. The lowest BCUT2D eigenvalue weighted by Gasteiger charge is -2.10. The van der Waals surface area contributed by atoms with Crippen molar-refractivity contribution in [3.8, 4) is 0 Å². The summed E-state index contributed by atoms with van der Waals surface area (Å²) in [5.41, 5.74) is 2.92. The molecule has 0 saturated carbocycles. The summed E-state index contributed by atoms with van der Waals surface area (Å²) in [6.45, 7) is 3.66. The van der Waals surface area contributed by atoms with Crippen LogP contribution in [0, 0.1) is 19.7 Å². The summed E-state index contributed by atoms with van der Waals surface area (Å²) in [6, 6.07) is 13.3. The fraction of sp³-hybridized carbons (Fsp3) is 0.217. The van der Waals surface area contributed by atoms with Gasteiger partial charge >= 0.3 is 5.97 Å². The van der Waals surface area contributed by atoms with Gasteiger partial charge in [0, 0.05) is 29.8 Å². The van der Waals surface area contributed by atoms with Crippen molar-refractivity contribution in [2.75, 3.05) is 12.9 Å². The predicted octanol–water partition coefficient (Wildman–Crippen LogP) is 3.74. The number of carbonyl (C=O) groups excluding carboxylic acids is 2. The van der Waals surface area contributed by atoms with Crippen LogP contribution in [0.2, 0.25) is 0 Å². The smallest absolute Gasteiger partial charge is 0.338 e. The van der Waals surface area contributed by atoms with Crippen molar-refractivity contribution in [2.24, 2.45) is 0 Å². The third-order valence-electron chi connectivity index (χ3n) is 4.96. The summed E-state index contributed by atoms with van der Waals surface area (Å²) in [7, 11) is -3.47. The minimum absolute atomic E-state index is 0.00221. The van der Waals surface area contributed by atoms with Crippen LogP contribution in [0.4, 0.5) is 4.39 Å². The normalized spacial score (nSPS) is 11.4. The average Bonchev–Trinajstić information content (AvgIpc) is 3.01. The van der Waals surface area contributed by atoms with Crippen molar-refractivity contribution in [2.45, 2.75) is 25.3 Å². The quantitative estimate of drug-likeness (QED) is 0.410. The highest BCUT2D eigenvalue weighted by molar-refractivity contribution is 7.90. The molecule has 0 spiro atoms. The van der Waals surface area contributed by atoms with Gasteiger partial charge in [0.1, 0.15) is 5.82 Å². The van der Waals surface area contributed by atoms with Gasteiger partial charge in [0.2, 0.25) is 5.78 Å². The number of rotatable bonds is 7. The SMILES string of the molecule is Cc1cc(C(=O)COC(=O)c2cccc(S(C)(=O)=O)c2)c(C)n1Cc1ccc(F)cc1. The minimum atomic E-state index is -3.47. The van der Waals surface area contributed by atoms with Crippen LogP contribution in [-0.4, -0.2) is 37.6 Å². The van der Waals surface area contributed by atoms with E-state index in [2.05, 4.69) is 0 Å². The number of carbonyl (C=O) groups is 2. The zero-order chi connectivity index (χ0) is 22.8. The molecule has 1 heterocycles. The molecular weight excluding hydrogens is 421 g/mol. The number of ketones is 1. The standard InChI is InChI=1S/C23H22FNO5S/c1-15-11-21(16(2)25(15)13-17-7-9-19(24)10-8-17)22(26)14-30-23(27)18-5-4-6-20(12-18)31(3,28)29/h4-12H,13-14H2,1-3H3. The summed E-state index contributed by atoms with van der Waals surface area (Å²) in [5, 5.41) is 0. The van der Waals surface area contributed by atoms with Crippen molar-refractivity contribution in [1.82, 2.24) is 4.57 Å². The average molecular weight is 443 g/mol. The number of aromatic nitrogens is 1. The molecule has 6 nitrogen and oxygen atoms in total. The van der Waals surface area contributed by atoms with E-state index in [1.165, 1.54) is 36.4 Å². The third kappa shape index (κ3) is 5.27. The number of benzene rings is 2. The first-order valence-electron chi connectivity index (χ1n) is 9.48. The van der Waals surface area contributed by atoms with Gasteiger partial charge in [-0.1, -0.05) is 18.2 Å². The lowest BCUT2D eigenvalue weighted by atomic mass is 10.1. The zero-order valence-corrected chi connectivity index (χ0v) is 18.2. The molecule has 3 rings (SSSR count). The molecule has 3 aromatic rings. The van der Waals surface area contributed by atoms with E-state index in [0.29, 0.717) is 17.8 Å². The Morgan fingerprint density at radius 1 is 1.03 bits per heavy atom. The Morgan fingerprint density at radius 3 is 2.35 bits per heavy atom. The molecule has 1 aromatic heterocycles. The first-order valence-corrected chi connectivity index (χ1v) is 11.4. The van der Waals surface area contributed by atoms with E-state index in [-0.39, 0.29) is 22.1 Å². The topological polar surface area (TPSA) is 82.4 Å². The molecule has 2 aromatic carbocycles. The van der Waals surface area contributed by atoms with Crippen LogP contribution < -0.4 is 0 Å². The molecule has 0 aliphatic carbocycles. The molecule has 0 N–H and O–H groups in total. The lowest BCUT2D eigenvalue weighted by Crippen LogP contribution is -2.15. The highest BCUT2D eigenvalue weighted by atomic mass is 32.2. The minimum Gasteiger partial charge on any atom is -0.454 e. The van der Waals surface area contributed by atoms with Crippen molar-refractivity contribution >= 4 is 21.6 Å². The molecule has 0 amide bonds. The molecule has 0 bridgehead atoms. The predicted molar refractivity (Wildman–Crippen MR) is 114 cm³/mol. The number of ether oxygens (including phenoxy) is 1. The summed E-state index contributed by atoms with van der Waals surface area (Å²) < 4.78 is 43.5. The van der Waals surface area contributed by atoms with Gasteiger partial charge in [0.15, 0.2) is 16.4 Å². The molecule has 0 aliphatic heterocycles. The van der Waals surface area contributed by atoms with E-state index in [1.54, 1.807) is 25.1 Å². The van der Waals surface area contributed by atoms with E-state index < -0.39 is 22.4 Å². The van der Waals surface area contributed by atoms with Crippen molar-refractivity contribution in [3.63, 3.8) is 0 Å². The number of nitrogens with zero attached hydrogens (tertiary/aromatic N) is 1. The lowest BCUT2D eigenvalue weighted by molar-refractivity contribution is 0.0474. The largest absolute Gasteiger partial charge is 0.454 e. The zero-order valence-electron chi connectivity index (χ0n) is 17.4. The molecule has 0 saturated heterocycles. The van der Waals surface area contributed by atoms with Gasteiger partial charge in [0.05, 0.1) is 10.5 Å². The summed E-state index contributed by atoms with van der Waals surface area (Å²) >= 11 is 0. The van der Waals surface area contributed by atoms with Crippen LogP contribution in [0.1, 0.15) is 37.7 Å². The maximum atomic E-state index is 13.1. The fourth-order valence-corrected chi connectivity index (χ4v) is 3.91. The Hall–Kier alpha value is -3.26. The van der Waals surface area contributed by atoms with Gasteiger partial charge in [0.25, 0.3) is 0 Å². The van der Waals surface area contributed by atoms with E-state index in [0.717, 1.165) is 17.5 Å². The second-order valence-corrected chi connectivity index (χ2v) is 9.31. The van der Waals surface area contributed by atoms with Crippen molar-refractivity contribution < 1.29 is 27.1 Å². The summed E-state index contributed by atoms with van der Waals surface area (Å²) in [6.07, 6.45) is 1.04. The van der Waals surface area contributed by atoms with Crippen molar-refractivity contribution in [1.29, 1.82) is 0 Å². The van der Waals surface area contributed by atoms with E-state index >= 15 is 0 Å². The van der Waals surface area contributed by atoms with Crippen LogP contribution in [0.25, 0.3) is 0 Å². The van der Waals surface area contributed by atoms with E-state index in [4.69, 9.17) is 4.74 Å². The van der Waals surface area contributed by atoms with Gasteiger partial charge in [-0.15, -0.1) is 0 Å². The number of hydrogen-bond donors (Lipinski definition) is 0. The molecular formula is C23H22FNO5S. The number of aryl methyl sites for hydroxylation is 1. The Labute approximate surface area is 180 Å². The van der Waals surface area contributed by atoms with Gasteiger partial charge in [-0.05, 0) is 55.8 Å². The first-order chi connectivity index (χ1) is 14.6. The molecule has 0 unspecified atom stereocenters. The van der Waals surface area contributed by atoms with E-state index in [9.17, 15) is 22.4 Å².